The van der Waals surface area contributed by atoms with E-state index in [4.69, 9.17) is 5.73 Å². The Bertz CT molecular complexity index is 853. The summed E-state index contributed by atoms with van der Waals surface area (Å²) in [7, 11) is 0. The van der Waals surface area contributed by atoms with Crippen LogP contribution in [0.4, 0.5) is 0 Å². The van der Waals surface area contributed by atoms with Gasteiger partial charge in [-0.15, -0.1) is 0 Å². The van der Waals surface area contributed by atoms with Gasteiger partial charge < -0.3 is 20.9 Å². The largest absolute Gasteiger partial charge is 0.343 e. The fourth-order valence-corrected chi connectivity index (χ4v) is 4.22. The van der Waals surface area contributed by atoms with Crippen LogP contribution in [0, 0.1) is 0 Å². The lowest BCUT2D eigenvalue weighted by Gasteiger charge is -2.31. The molecule has 4 rings (SSSR count). The van der Waals surface area contributed by atoms with E-state index in [0.29, 0.717) is 25.0 Å². The second-order valence-electron chi connectivity index (χ2n) is 8.82. The number of rotatable bonds is 3. The third kappa shape index (κ3) is 6.97. The summed E-state index contributed by atoms with van der Waals surface area (Å²) in [6.07, 6.45) is 7.72. The van der Waals surface area contributed by atoms with Gasteiger partial charge in [-0.2, -0.15) is 0 Å². The zero-order valence-corrected chi connectivity index (χ0v) is 19.2. The molecule has 32 heavy (non-hydrogen) atoms. The van der Waals surface area contributed by atoms with Gasteiger partial charge in [-0.25, -0.2) is 0 Å². The summed E-state index contributed by atoms with van der Waals surface area (Å²) in [6.45, 7) is 7.27. The first-order valence-electron chi connectivity index (χ1n) is 11.5. The van der Waals surface area contributed by atoms with E-state index in [1.165, 1.54) is 0 Å². The number of hydrogen-bond acceptors (Lipinski definition) is 6. The minimum atomic E-state index is 0.113. The maximum atomic E-state index is 11.5. The molecule has 2 aliphatic heterocycles. The molecule has 1 aliphatic carbocycles. The summed E-state index contributed by atoms with van der Waals surface area (Å²) >= 11 is 0. The Labute approximate surface area is 190 Å². The summed E-state index contributed by atoms with van der Waals surface area (Å²) in [4.78, 5) is 41.9. The highest BCUT2D eigenvalue weighted by molar-refractivity contribution is 5.97. The van der Waals surface area contributed by atoms with Crippen molar-refractivity contribution >= 4 is 23.7 Å². The number of amides is 2. The van der Waals surface area contributed by atoms with Crippen molar-refractivity contribution in [2.75, 3.05) is 26.2 Å². The second-order valence-corrected chi connectivity index (χ2v) is 8.82. The van der Waals surface area contributed by atoms with Gasteiger partial charge in [-0.1, -0.05) is 6.07 Å². The van der Waals surface area contributed by atoms with Crippen LogP contribution in [0.25, 0.3) is 6.08 Å². The number of pyridine rings is 1. The Morgan fingerprint density at radius 3 is 2.19 bits per heavy atom. The number of piperidine rings is 2. The lowest BCUT2D eigenvalue weighted by molar-refractivity contribution is -0.130. The van der Waals surface area contributed by atoms with Gasteiger partial charge in [-0.3, -0.25) is 19.4 Å². The van der Waals surface area contributed by atoms with E-state index in [2.05, 4.69) is 10.3 Å². The Hall–Kier alpha value is -2.58. The highest BCUT2D eigenvalue weighted by Crippen LogP contribution is 2.17. The molecule has 1 aromatic rings. The molecule has 1 aromatic heterocycles. The molecule has 3 aliphatic rings. The fraction of sp³-hybridized carbons (Fsp3) is 0.583. The molecule has 0 unspecified atom stereocenters. The Balaban J connectivity index is 0.000000243. The molecule has 8 nitrogen and oxygen atoms in total. The molecule has 0 spiro atoms. The predicted molar refractivity (Wildman–Crippen MR) is 124 cm³/mol. The average Bonchev–Trinajstić information content (AvgIpc) is 2.78. The third-order valence-electron chi connectivity index (χ3n) is 6.35. The van der Waals surface area contributed by atoms with Crippen molar-refractivity contribution in [3.05, 3.63) is 35.2 Å². The number of nitrogens with one attached hydrogen (secondary N) is 1. The van der Waals surface area contributed by atoms with Crippen LogP contribution in [0.5, 0.6) is 0 Å². The van der Waals surface area contributed by atoms with Gasteiger partial charge in [0.05, 0.1) is 17.8 Å². The van der Waals surface area contributed by atoms with Crippen molar-refractivity contribution in [1.82, 2.24) is 20.1 Å². The van der Waals surface area contributed by atoms with Crippen molar-refractivity contribution in [2.45, 2.75) is 64.6 Å². The molecule has 2 saturated heterocycles. The molecule has 0 atom stereocenters. The standard InChI is InChI=1S/C17H21N3O2.C7H14N2O/c1-12(21)20-8-6-14(7-9-20)18-11-15-4-2-13-3-5-16(22)10-17(13)19-15;1-6(10)9-4-2-7(8)3-5-9/h2-5,14,18H,6-11H2,1H3;7H,2-5,8H2,1H3. The first kappa shape index (κ1) is 24.1. The number of carbonyl (C=O) groups is 3. The number of allylic oxidation sites excluding steroid dienone is 1. The van der Waals surface area contributed by atoms with Crippen molar-refractivity contribution in [1.29, 1.82) is 0 Å². The third-order valence-corrected chi connectivity index (χ3v) is 6.35. The molecular weight excluding hydrogens is 406 g/mol. The zero-order valence-electron chi connectivity index (χ0n) is 19.2. The van der Waals surface area contributed by atoms with Crippen molar-refractivity contribution in [3.8, 4) is 0 Å². The van der Waals surface area contributed by atoms with Gasteiger partial charge in [0.15, 0.2) is 5.78 Å². The van der Waals surface area contributed by atoms with Gasteiger partial charge in [0.1, 0.15) is 0 Å². The second kappa shape index (κ2) is 11.3. The lowest BCUT2D eigenvalue weighted by atomic mass is 10.0. The fourth-order valence-electron chi connectivity index (χ4n) is 4.22. The summed E-state index contributed by atoms with van der Waals surface area (Å²) in [5.41, 5.74) is 8.54. The number of ketones is 1. The number of hydrogen-bond donors (Lipinski definition) is 2. The summed E-state index contributed by atoms with van der Waals surface area (Å²) in [5, 5.41) is 3.51. The molecule has 0 bridgehead atoms. The van der Waals surface area contributed by atoms with Gasteiger partial charge in [-0.05, 0) is 49.5 Å². The topological polar surface area (TPSA) is 109 Å². The number of likely N-dealkylation sites (tertiary alicyclic amines) is 2. The Morgan fingerprint density at radius 1 is 1.00 bits per heavy atom. The Morgan fingerprint density at radius 2 is 1.59 bits per heavy atom. The summed E-state index contributed by atoms with van der Waals surface area (Å²) in [5.74, 6) is 0.445. The number of carbonyl (C=O) groups excluding carboxylic acids is 3. The monoisotopic (exact) mass is 441 g/mol. The van der Waals surface area contributed by atoms with Gasteiger partial charge >= 0.3 is 0 Å². The molecule has 8 heteroatoms. The lowest BCUT2D eigenvalue weighted by Crippen LogP contribution is -2.44. The maximum Gasteiger partial charge on any atom is 0.219 e. The summed E-state index contributed by atoms with van der Waals surface area (Å²) in [6, 6.07) is 4.78. The van der Waals surface area contributed by atoms with Crippen LogP contribution in [0.2, 0.25) is 0 Å². The number of nitrogens with zero attached hydrogens (tertiary/aromatic N) is 3. The van der Waals surface area contributed by atoms with Crippen LogP contribution in [0.3, 0.4) is 0 Å². The van der Waals surface area contributed by atoms with Gasteiger partial charge in [0, 0.05) is 58.7 Å². The molecule has 0 radical (unpaired) electrons. The van der Waals surface area contributed by atoms with E-state index in [-0.39, 0.29) is 17.6 Å². The molecule has 174 valence electrons. The van der Waals surface area contributed by atoms with Crippen LogP contribution in [0.15, 0.2) is 18.2 Å². The van der Waals surface area contributed by atoms with Crippen molar-refractivity contribution in [2.24, 2.45) is 5.73 Å². The smallest absolute Gasteiger partial charge is 0.219 e. The van der Waals surface area contributed by atoms with E-state index < -0.39 is 0 Å². The SMILES string of the molecule is CC(=O)N1CCC(N)CC1.CC(=O)N1CCC(NCc2ccc3c(n2)CC(=O)C=C3)CC1. The minimum absolute atomic E-state index is 0.113. The molecule has 2 fully saturated rings. The van der Waals surface area contributed by atoms with E-state index >= 15 is 0 Å². The molecule has 0 saturated carbocycles. The van der Waals surface area contributed by atoms with Crippen molar-refractivity contribution in [3.63, 3.8) is 0 Å². The average molecular weight is 442 g/mol. The van der Waals surface area contributed by atoms with Gasteiger partial charge in [0.2, 0.25) is 11.8 Å². The highest BCUT2D eigenvalue weighted by Gasteiger charge is 2.20. The van der Waals surface area contributed by atoms with Crippen LogP contribution in [0.1, 0.15) is 56.5 Å². The van der Waals surface area contributed by atoms with Crippen LogP contribution < -0.4 is 11.1 Å². The first-order valence-corrected chi connectivity index (χ1v) is 11.5. The van der Waals surface area contributed by atoms with Gasteiger partial charge in [0.25, 0.3) is 0 Å². The van der Waals surface area contributed by atoms with E-state index in [9.17, 15) is 14.4 Å². The number of fused-ring (bicyclic) bond motifs is 1. The molecule has 3 N–H and O–H groups in total. The normalized spacial score (nSPS) is 19.3. The quantitative estimate of drug-likeness (QED) is 0.731. The molecule has 3 heterocycles. The number of nitrogens with two attached hydrogens (primary N) is 1. The van der Waals surface area contributed by atoms with Crippen LogP contribution in [-0.4, -0.2) is 70.6 Å². The number of aromatic nitrogens is 1. The summed E-state index contributed by atoms with van der Waals surface area (Å²) < 4.78 is 0. The minimum Gasteiger partial charge on any atom is -0.343 e. The van der Waals surface area contributed by atoms with E-state index in [1.54, 1.807) is 19.9 Å². The van der Waals surface area contributed by atoms with Crippen molar-refractivity contribution < 1.29 is 14.4 Å². The molecule has 2 amide bonds. The predicted octanol–water partition coefficient (Wildman–Crippen LogP) is 1.28. The Kier molecular flexibility index (Phi) is 8.53. The highest BCUT2D eigenvalue weighted by atomic mass is 16.2. The molecular formula is C24H35N5O3. The van der Waals surface area contributed by atoms with Crippen LogP contribution in [-0.2, 0) is 27.3 Å². The van der Waals surface area contributed by atoms with E-state index in [1.807, 2.05) is 28.0 Å². The molecule has 0 aromatic carbocycles. The first-order chi connectivity index (χ1) is 15.3. The zero-order chi connectivity index (χ0) is 23.1. The van der Waals surface area contributed by atoms with Crippen LogP contribution >= 0.6 is 0 Å². The maximum absolute atomic E-state index is 11.5. The van der Waals surface area contributed by atoms with E-state index in [0.717, 1.165) is 68.8 Å².